The minimum atomic E-state index is -3.13. The standard InChI is InChI=1S/C13H21N5O3S/c1-16-10-14-8-11(16)9-15-13(19)17-4-6-18(7-5-17)22(20,21)12-2-3-12/h8,10,12H,2-7,9H2,1H3,(H,15,19). The number of rotatable bonds is 4. The van der Waals surface area contributed by atoms with Gasteiger partial charge in [-0.05, 0) is 12.8 Å². The van der Waals surface area contributed by atoms with Gasteiger partial charge in [0.2, 0.25) is 10.0 Å². The monoisotopic (exact) mass is 327 g/mol. The molecule has 1 saturated heterocycles. The van der Waals surface area contributed by atoms with Crippen molar-refractivity contribution in [3.63, 3.8) is 0 Å². The minimum Gasteiger partial charge on any atom is -0.336 e. The zero-order valence-corrected chi connectivity index (χ0v) is 13.4. The number of carbonyl (C=O) groups is 1. The molecule has 9 heteroatoms. The molecule has 0 unspecified atom stereocenters. The SMILES string of the molecule is Cn1cncc1CNC(=O)N1CCN(S(=O)(=O)C2CC2)CC1. The number of nitrogens with zero attached hydrogens (tertiary/aromatic N) is 4. The lowest BCUT2D eigenvalue weighted by Crippen LogP contribution is -2.53. The molecular formula is C13H21N5O3S. The molecule has 1 aromatic rings. The molecule has 1 saturated carbocycles. The van der Waals surface area contributed by atoms with E-state index in [1.165, 1.54) is 4.31 Å². The van der Waals surface area contributed by atoms with E-state index in [-0.39, 0.29) is 11.3 Å². The zero-order chi connectivity index (χ0) is 15.7. The van der Waals surface area contributed by atoms with Crippen LogP contribution in [0.25, 0.3) is 0 Å². The molecule has 22 heavy (non-hydrogen) atoms. The van der Waals surface area contributed by atoms with E-state index in [2.05, 4.69) is 10.3 Å². The average molecular weight is 327 g/mol. The zero-order valence-electron chi connectivity index (χ0n) is 12.6. The molecule has 0 bridgehead atoms. The smallest absolute Gasteiger partial charge is 0.317 e. The summed E-state index contributed by atoms with van der Waals surface area (Å²) in [5.74, 6) is 0. The second kappa shape index (κ2) is 5.88. The van der Waals surface area contributed by atoms with E-state index < -0.39 is 10.0 Å². The molecule has 122 valence electrons. The number of urea groups is 1. The first-order valence-electron chi connectivity index (χ1n) is 7.45. The van der Waals surface area contributed by atoms with Gasteiger partial charge >= 0.3 is 6.03 Å². The number of hydrogen-bond acceptors (Lipinski definition) is 4. The third kappa shape index (κ3) is 3.09. The molecule has 2 aliphatic rings. The highest BCUT2D eigenvalue weighted by Gasteiger charge is 2.41. The van der Waals surface area contributed by atoms with Crippen LogP contribution in [-0.4, -0.2) is 64.6 Å². The first-order chi connectivity index (χ1) is 10.5. The Bertz CT molecular complexity index is 644. The Labute approximate surface area is 130 Å². The molecule has 1 N–H and O–H groups in total. The van der Waals surface area contributed by atoms with Crippen molar-refractivity contribution in [3.8, 4) is 0 Å². The van der Waals surface area contributed by atoms with Crippen LogP contribution in [0, 0.1) is 0 Å². The van der Waals surface area contributed by atoms with E-state index in [1.54, 1.807) is 17.4 Å². The maximum atomic E-state index is 12.1. The molecule has 1 aliphatic carbocycles. The fraction of sp³-hybridized carbons (Fsp3) is 0.692. The molecule has 8 nitrogen and oxygen atoms in total. The molecule has 0 radical (unpaired) electrons. The van der Waals surface area contributed by atoms with Crippen LogP contribution in [0.15, 0.2) is 12.5 Å². The summed E-state index contributed by atoms with van der Waals surface area (Å²) in [5.41, 5.74) is 0.920. The van der Waals surface area contributed by atoms with E-state index in [1.807, 2.05) is 11.6 Å². The van der Waals surface area contributed by atoms with Gasteiger partial charge in [-0.25, -0.2) is 18.2 Å². The topological polar surface area (TPSA) is 87.5 Å². The predicted octanol–water partition coefficient (Wildman–Crippen LogP) is -0.260. The van der Waals surface area contributed by atoms with Crippen molar-refractivity contribution < 1.29 is 13.2 Å². The lowest BCUT2D eigenvalue weighted by molar-refractivity contribution is 0.171. The molecule has 1 aromatic heterocycles. The van der Waals surface area contributed by atoms with E-state index in [4.69, 9.17) is 0 Å². The molecule has 2 amide bonds. The van der Waals surface area contributed by atoms with Gasteiger partial charge in [0.1, 0.15) is 0 Å². The van der Waals surface area contributed by atoms with Crippen LogP contribution in [0.4, 0.5) is 4.79 Å². The Hall–Kier alpha value is -1.61. The Balaban J connectivity index is 1.48. The number of amides is 2. The maximum Gasteiger partial charge on any atom is 0.317 e. The van der Waals surface area contributed by atoms with Crippen LogP contribution in [0.5, 0.6) is 0 Å². The molecule has 0 atom stereocenters. The van der Waals surface area contributed by atoms with Gasteiger partial charge in [0.25, 0.3) is 0 Å². The number of sulfonamides is 1. The van der Waals surface area contributed by atoms with Crippen LogP contribution in [-0.2, 0) is 23.6 Å². The van der Waals surface area contributed by atoms with Gasteiger partial charge in [0, 0.05) is 39.4 Å². The fourth-order valence-corrected chi connectivity index (χ4v) is 4.38. The highest BCUT2D eigenvalue weighted by Crippen LogP contribution is 2.31. The summed E-state index contributed by atoms with van der Waals surface area (Å²) in [4.78, 5) is 17.8. The van der Waals surface area contributed by atoms with Crippen LogP contribution < -0.4 is 5.32 Å². The molecule has 0 aromatic carbocycles. The van der Waals surface area contributed by atoms with Gasteiger partial charge in [0.05, 0.1) is 23.8 Å². The summed E-state index contributed by atoms with van der Waals surface area (Å²) in [7, 11) is -1.26. The van der Waals surface area contributed by atoms with Gasteiger partial charge < -0.3 is 14.8 Å². The normalized spacial score (nSPS) is 20.1. The van der Waals surface area contributed by atoms with Gasteiger partial charge in [-0.1, -0.05) is 0 Å². The summed E-state index contributed by atoms with van der Waals surface area (Å²) in [6.45, 7) is 2.05. The third-order valence-corrected chi connectivity index (χ3v) is 6.57. The maximum absolute atomic E-state index is 12.1. The van der Waals surface area contributed by atoms with Crippen molar-refractivity contribution in [2.24, 2.45) is 7.05 Å². The highest BCUT2D eigenvalue weighted by atomic mass is 32.2. The Kier molecular flexibility index (Phi) is 4.09. The van der Waals surface area contributed by atoms with Crippen LogP contribution in [0.3, 0.4) is 0 Å². The van der Waals surface area contributed by atoms with Crippen molar-refractivity contribution in [1.82, 2.24) is 24.1 Å². The van der Waals surface area contributed by atoms with Crippen LogP contribution >= 0.6 is 0 Å². The number of nitrogens with one attached hydrogen (secondary N) is 1. The van der Waals surface area contributed by atoms with Gasteiger partial charge in [-0.3, -0.25) is 0 Å². The number of aryl methyl sites for hydroxylation is 1. The van der Waals surface area contributed by atoms with E-state index in [9.17, 15) is 13.2 Å². The van der Waals surface area contributed by atoms with Gasteiger partial charge in [-0.15, -0.1) is 0 Å². The van der Waals surface area contributed by atoms with Gasteiger partial charge in [-0.2, -0.15) is 4.31 Å². The largest absolute Gasteiger partial charge is 0.336 e. The Morgan fingerprint density at radius 1 is 1.32 bits per heavy atom. The van der Waals surface area contributed by atoms with E-state index in [0.29, 0.717) is 32.7 Å². The van der Waals surface area contributed by atoms with Crippen molar-refractivity contribution in [3.05, 3.63) is 18.2 Å². The predicted molar refractivity (Wildman–Crippen MR) is 80.5 cm³/mol. The average Bonchev–Trinajstić information content (AvgIpc) is 3.29. The van der Waals surface area contributed by atoms with Crippen LogP contribution in [0.1, 0.15) is 18.5 Å². The molecule has 0 spiro atoms. The summed E-state index contributed by atoms with van der Waals surface area (Å²) in [5, 5.41) is 2.66. The number of aromatic nitrogens is 2. The number of carbonyl (C=O) groups excluding carboxylic acids is 1. The van der Waals surface area contributed by atoms with Crippen molar-refractivity contribution in [2.45, 2.75) is 24.6 Å². The van der Waals surface area contributed by atoms with E-state index in [0.717, 1.165) is 18.5 Å². The summed E-state index contributed by atoms with van der Waals surface area (Å²) in [6.07, 6.45) is 4.94. The summed E-state index contributed by atoms with van der Waals surface area (Å²) in [6, 6.07) is -0.162. The van der Waals surface area contributed by atoms with Crippen molar-refractivity contribution in [2.75, 3.05) is 26.2 Å². The summed E-state index contributed by atoms with van der Waals surface area (Å²) >= 11 is 0. The molecule has 2 heterocycles. The summed E-state index contributed by atoms with van der Waals surface area (Å²) < 4.78 is 27.7. The first-order valence-corrected chi connectivity index (χ1v) is 8.96. The number of hydrogen-bond donors (Lipinski definition) is 1. The highest BCUT2D eigenvalue weighted by molar-refractivity contribution is 7.90. The molecule has 3 rings (SSSR count). The fourth-order valence-electron chi connectivity index (χ4n) is 2.56. The molecular weight excluding hydrogens is 306 g/mol. The minimum absolute atomic E-state index is 0.162. The molecule has 2 fully saturated rings. The Morgan fingerprint density at radius 2 is 2.00 bits per heavy atom. The number of imidazole rings is 1. The van der Waals surface area contributed by atoms with Crippen LogP contribution in [0.2, 0.25) is 0 Å². The lowest BCUT2D eigenvalue weighted by Gasteiger charge is -2.34. The second-order valence-electron chi connectivity index (χ2n) is 5.78. The van der Waals surface area contributed by atoms with Crippen molar-refractivity contribution >= 4 is 16.1 Å². The Morgan fingerprint density at radius 3 is 2.55 bits per heavy atom. The van der Waals surface area contributed by atoms with Crippen molar-refractivity contribution in [1.29, 1.82) is 0 Å². The van der Waals surface area contributed by atoms with E-state index >= 15 is 0 Å². The lowest BCUT2D eigenvalue weighted by atomic mass is 10.4. The second-order valence-corrected chi connectivity index (χ2v) is 8.00. The quantitative estimate of drug-likeness (QED) is 0.825. The van der Waals surface area contributed by atoms with Gasteiger partial charge in [0.15, 0.2) is 0 Å². The number of piperazine rings is 1. The molecule has 1 aliphatic heterocycles. The third-order valence-electron chi connectivity index (χ3n) is 4.17. The first kappa shape index (κ1) is 15.3.